The average molecular weight is 221 g/mol. The molecule has 0 radical (unpaired) electrons. The van der Waals surface area contributed by atoms with Gasteiger partial charge in [0, 0.05) is 31.9 Å². The predicted octanol–water partition coefficient (Wildman–Crippen LogP) is 0.747. The van der Waals surface area contributed by atoms with E-state index in [1.165, 1.54) is 0 Å². The molecule has 1 fully saturated rings. The molecule has 1 aliphatic carbocycles. The Balaban J connectivity index is 1.99. The minimum atomic E-state index is -0.0869. The fourth-order valence-corrected chi connectivity index (χ4v) is 2.26. The number of rotatable bonds is 4. The molecule has 0 amide bonds. The highest BCUT2D eigenvalue weighted by atomic mass is 16.3. The van der Waals surface area contributed by atoms with Gasteiger partial charge in [-0.05, 0) is 24.8 Å². The molecule has 0 bridgehead atoms. The lowest BCUT2D eigenvalue weighted by Gasteiger charge is -2.35. The number of aliphatic hydroxyl groups is 1. The molecule has 0 spiro atoms. The highest BCUT2D eigenvalue weighted by Gasteiger charge is 2.28. The molecule has 1 aliphatic rings. The van der Waals surface area contributed by atoms with Crippen LogP contribution in [0.1, 0.15) is 18.4 Å². The van der Waals surface area contributed by atoms with Crippen molar-refractivity contribution in [3.05, 3.63) is 23.9 Å². The molecule has 0 unspecified atom stereocenters. The van der Waals surface area contributed by atoms with Gasteiger partial charge in [0.15, 0.2) is 0 Å². The van der Waals surface area contributed by atoms with Crippen LogP contribution < -0.4 is 10.6 Å². The Morgan fingerprint density at radius 1 is 1.56 bits per heavy atom. The fourth-order valence-electron chi connectivity index (χ4n) is 2.26. The van der Waals surface area contributed by atoms with Gasteiger partial charge in [0.25, 0.3) is 0 Å². The van der Waals surface area contributed by atoms with E-state index in [1.54, 1.807) is 6.20 Å². The number of aromatic nitrogens is 1. The number of nitrogens with two attached hydrogens (primary N) is 1. The molecule has 4 nitrogen and oxygen atoms in total. The first-order valence-electron chi connectivity index (χ1n) is 5.74. The predicted molar refractivity (Wildman–Crippen MR) is 64.1 cm³/mol. The lowest BCUT2D eigenvalue weighted by molar-refractivity contribution is 0.0464. The molecule has 16 heavy (non-hydrogen) atoms. The third kappa shape index (κ3) is 2.33. The van der Waals surface area contributed by atoms with Gasteiger partial charge in [-0.1, -0.05) is 6.07 Å². The van der Waals surface area contributed by atoms with Crippen LogP contribution in [0.5, 0.6) is 0 Å². The fraction of sp³-hybridized carbons (Fsp3) is 0.583. The highest BCUT2D eigenvalue weighted by Crippen LogP contribution is 2.29. The third-order valence-electron chi connectivity index (χ3n) is 3.19. The van der Waals surface area contributed by atoms with E-state index in [1.807, 2.05) is 19.2 Å². The van der Waals surface area contributed by atoms with E-state index in [0.29, 0.717) is 12.5 Å². The molecule has 1 heterocycles. The molecule has 0 aliphatic heterocycles. The van der Waals surface area contributed by atoms with Gasteiger partial charge in [-0.3, -0.25) is 0 Å². The molecule has 2 rings (SSSR count). The van der Waals surface area contributed by atoms with Crippen molar-refractivity contribution in [1.29, 1.82) is 0 Å². The summed E-state index contributed by atoms with van der Waals surface area (Å²) in [7, 11) is 2.03. The number of hydrogen-bond acceptors (Lipinski definition) is 4. The lowest BCUT2D eigenvalue weighted by atomic mass is 9.82. The summed E-state index contributed by atoms with van der Waals surface area (Å²) >= 11 is 0. The topological polar surface area (TPSA) is 62.4 Å². The Morgan fingerprint density at radius 3 is 2.94 bits per heavy atom. The molecule has 4 heteroatoms. The quantitative estimate of drug-likeness (QED) is 0.787. The molecular formula is C12H19N3O. The maximum absolute atomic E-state index is 9.25. The summed E-state index contributed by atoms with van der Waals surface area (Å²) in [4.78, 5) is 6.50. The molecule has 0 aromatic carbocycles. The van der Waals surface area contributed by atoms with Crippen molar-refractivity contribution >= 4 is 5.82 Å². The molecule has 3 N–H and O–H groups in total. The van der Waals surface area contributed by atoms with E-state index in [0.717, 1.165) is 30.8 Å². The largest absolute Gasteiger partial charge is 0.393 e. The SMILES string of the molecule is CN(CC1CC(O)C1)c1ncccc1CN. The summed E-state index contributed by atoms with van der Waals surface area (Å²) in [6, 6.07) is 3.92. The lowest BCUT2D eigenvalue weighted by Crippen LogP contribution is -2.37. The minimum Gasteiger partial charge on any atom is -0.393 e. The van der Waals surface area contributed by atoms with Gasteiger partial charge in [0.2, 0.25) is 0 Å². The zero-order valence-electron chi connectivity index (χ0n) is 9.63. The second kappa shape index (κ2) is 4.80. The van der Waals surface area contributed by atoms with Crippen molar-refractivity contribution in [2.24, 2.45) is 11.7 Å². The third-order valence-corrected chi connectivity index (χ3v) is 3.19. The van der Waals surface area contributed by atoms with Crippen LogP contribution in [0.3, 0.4) is 0 Å². The summed E-state index contributed by atoms with van der Waals surface area (Å²) in [6.07, 6.45) is 3.53. The van der Waals surface area contributed by atoms with E-state index >= 15 is 0 Å². The van der Waals surface area contributed by atoms with Crippen LogP contribution in [-0.4, -0.2) is 29.8 Å². The van der Waals surface area contributed by atoms with Gasteiger partial charge >= 0.3 is 0 Å². The minimum absolute atomic E-state index is 0.0869. The molecule has 0 saturated heterocycles. The van der Waals surface area contributed by atoms with Crippen LogP contribution in [0.25, 0.3) is 0 Å². The van der Waals surface area contributed by atoms with Gasteiger partial charge in [0.05, 0.1) is 6.10 Å². The molecule has 1 aromatic rings. The second-order valence-electron chi connectivity index (χ2n) is 4.56. The zero-order valence-corrected chi connectivity index (χ0v) is 9.63. The Bertz CT molecular complexity index is 350. The Hall–Kier alpha value is -1.13. The van der Waals surface area contributed by atoms with Crippen LogP contribution in [0, 0.1) is 5.92 Å². The van der Waals surface area contributed by atoms with Crippen molar-refractivity contribution in [3.63, 3.8) is 0 Å². The Morgan fingerprint density at radius 2 is 2.31 bits per heavy atom. The zero-order chi connectivity index (χ0) is 11.5. The van der Waals surface area contributed by atoms with E-state index in [2.05, 4.69) is 9.88 Å². The van der Waals surface area contributed by atoms with E-state index in [9.17, 15) is 5.11 Å². The Kier molecular flexibility index (Phi) is 3.41. The number of aliphatic hydroxyl groups excluding tert-OH is 1. The Labute approximate surface area is 96.1 Å². The van der Waals surface area contributed by atoms with Gasteiger partial charge in [0.1, 0.15) is 5.82 Å². The molecule has 1 aromatic heterocycles. The first-order valence-corrected chi connectivity index (χ1v) is 5.74. The standard InChI is InChI=1S/C12H19N3O/c1-15(8-9-5-11(16)6-9)12-10(7-13)3-2-4-14-12/h2-4,9,11,16H,5-8,13H2,1H3. The monoisotopic (exact) mass is 221 g/mol. The van der Waals surface area contributed by atoms with Gasteiger partial charge in [-0.2, -0.15) is 0 Å². The van der Waals surface area contributed by atoms with Crippen molar-refractivity contribution in [2.45, 2.75) is 25.5 Å². The maximum atomic E-state index is 9.25. The summed E-state index contributed by atoms with van der Waals surface area (Å²) in [5.74, 6) is 1.55. The van der Waals surface area contributed by atoms with Crippen molar-refractivity contribution in [3.8, 4) is 0 Å². The van der Waals surface area contributed by atoms with Crippen molar-refractivity contribution in [1.82, 2.24) is 4.98 Å². The first kappa shape index (κ1) is 11.4. The van der Waals surface area contributed by atoms with Crippen LogP contribution in [-0.2, 0) is 6.54 Å². The average Bonchev–Trinajstić information content (AvgIpc) is 2.27. The van der Waals surface area contributed by atoms with E-state index in [-0.39, 0.29) is 6.10 Å². The number of nitrogens with zero attached hydrogens (tertiary/aromatic N) is 2. The maximum Gasteiger partial charge on any atom is 0.132 e. The first-order chi connectivity index (χ1) is 7.70. The second-order valence-corrected chi connectivity index (χ2v) is 4.56. The number of pyridine rings is 1. The molecule has 0 atom stereocenters. The van der Waals surface area contributed by atoms with Crippen molar-refractivity contribution < 1.29 is 5.11 Å². The van der Waals surface area contributed by atoms with Crippen LogP contribution >= 0.6 is 0 Å². The number of anilines is 1. The number of hydrogen-bond donors (Lipinski definition) is 2. The summed E-state index contributed by atoms with van der Waals surface area (Å²) < 4.78 is 0. The van der Waals surface area contributed by atoms with Gasteiger partial charge in [-0.25, -0.2) is 4.98 Å². The smallest absolute Gasteiger partial charge is 0.132 e. The van der Waals surface area contributed by atoms with Crippen LogP contribution in [0.2, 0.25) is 0 Å². The molecule has 1 saturated carbocycles. The van der Waals surface area contributed by atoms with E-state index in [4.69, 9.17) is 5.73 Å². The van der Waals surface area contributed by atoms with Crippen LogP contribution in [0.15, 0.2) is 18.3 Å². The van der Waals surface area contributed by atoms with Crippen LogP contribution in [0.4, 0.5) is 5.82 Å². The summed E-state index contributed by atoms with van der Waals surface area (Å²) in [6.45, 7) is 1.46. The van der Waals surface area contributed by atoms with Gasteiger partial charge < -0.3 is 15.7 Å². The van der Waals surface area contributed by atoms with E-state index < -0.39 is 0 Å². The summed E-state index contributed by atoms with van der Waals surface area (Å²) in [5.41, 5.74) is 6.76. The normalized spacial score (nSPS) is 23.9. The highest BCUT2D eigenvalue weighted by molar-refractivity contribution is 5.45. The molecular weight excluding hydrogens is 202 g/mol. The van der Waals surface area contributed by atoms with Crippen molar-refractivity contribution in [2.75, 3.05) is 18.5 Å². The van der Waals surface area contributed by atoms with Gasteiger partial charge in [-0.15, -0.1) is 0 Å². The molecule has 88 valence electrons. The summed E-state index contributed by atoms with van der Waals surface area (Å²) in [5, 5.41) is 9.25.